The first-order valence-corrected chi connectivity index (χ1v) is 6.92. The van der Waals surface area contributed by atoms with E-state index in [1.54, 1.807) is 13.8 Å². The van der Waals surface area contributed by atoms with Crippen LogP contribution in [-0.2, 0) is 5.60 Å². The molecule has 0 aliphatic heterocycles. The highest BCUT2D eigenvalue weighted by atomic mass is 35.5. The summed E-state index contributed by atoms with van der Waals surface area (Å²) in [5.41, 5.74) is -0.272. The number of halogens is 2. The minimum absolute atomic E-state index is 0.0888. The van der Waals surface area contributed by atoms with Crippen LogP contribution in [0, 0.1) is 5.82 Å². The molecule has 2 heterocycles. The maximum atomic E-state index is 14.1. The van der Waals surface area contributed by atoms with Crippen LogP contribution in [0.2, 0.25) is 5.02 Å². The van der Waals surface area contributed by atoms with E-state index in [9.17, 15) is 9.50 Å². The molecule has 0 fully saturated rings. The molecule has 0 bridgehead atoms. The summed E-state index contributed by atoms with van der Waals surface area (Å²) in [7, 11) is 0. The zero-order chi connectivity index (χ0) is 13.7. The molecule has 2 aromatic heterocycles. The Morgan fingerprint density at radius 3 is 2.56 bits per heavy atom. The van der Waals surface area contributed by atoms with Crippen LogP contribution in [0.4, 0.5) is 4.39 Å². The Morgan fingerprint density at radius 2 is 2.06 bits per heavy atom. The lowest BCUT2D eigenvalue weighted by molar-refractivity contribution is 0.0785. The van der Waals surface area contributed by atoms with Gasteiger partial charge in [-0.1, -0.05) is 25.4 Å². The Labute approximate surface area is 114 Å². The highest BCUT2D eigenvalue weighted by Gasteiger charge is 2.25. The van der Waals surface area contributed by atoms with Gasteiger partial charge in [0.25, 0.3) is 0 Å². The van der Waals surface area contributed by atoms with Gasteiger partial charge in [-0.25, -0.2) is 4.39 Å². The molecule has 2 aromatic rings. The van der Waals surface area contributed by atoms with Crippen LogP contribution in [-0.4, -0.2) is 10.1 Å². The SMILES string of the molecule is CC(C)c1sc2c(Cl)c(C(C)(C)O)cnc2c1F. The van der Waals surface area contributed by atoms with E-state index < -0.39 is 5.60 Å². The van der Waals surface area contributed by atoms with Gasteiger partial charge >= 0.3 is 0 Å². The van der Waals surface area contributed by atoms with Gasteiger partial charge in [0, 0.05) is 16.6 Å². The number of hydrogen-bond donors (Lipinski definition) is 1. The first-order valence-electron chi connectivity index (χ1n) is 5.72. The minimum atomic E-state index is -1.09. The molecule has 1 N–H and O–H groups in total. The van der Waals surface area contributed by atoms with E-state index in [4.69, 9.17) is 11.6 Å². The van der Waals surface area contributed by atoms with Gasteiger partial charge in [0.2, 0.25) is 0 Å². The lowest BCUT2D eigenvalue weighted by Gasteiger charge is -2.18. The molecule has 98 valence electrons. The molecule has 0 aliphatic carbocycles. The summed E-state index contributed by atoms with van der Waals surface area (Å²) in [4.78, 5) is 4.75. The first-order chi connectivity index (χ1) is 8.23. The first kappa shape index (κ1) is 13.7. The maximum absolute atomic E-state index is 14.1. The molecule has 0 spiro atoms. The third-order valence-electron chi connectivity index (χ3n) is 2.79. The molecule has 2 rings (SSSR count). The fourth-order valence-corrected chi connectivity index (χ4v) is 3.36. The maximum Gasteiger partial charge on any atom is 0.163 e. The van der Waals surface area contributed by atoms with Crippen LogP contribution in [0.25, 0.3) is 10.2 Å². The zero-order valence-corrected chi connectivity index (χ0v) is 12.3. The number of hydrogen-bond acceptors (Lipinski definition) is 3. The Balaban J connectivity index is 2.76. The van der Waals surface area contributed by atoms with Crippen molar-refractivity contribution in [2.45, 2.75) is 39.2 Å². The van der Waals surface area contributed by atoms with Crippen molar-refractivity contribution in [1.82, 2.24) is 4.98 Å². The number of thiophene rings is 1. The van der Waals surface area contributed by atoms with Crippen molar-refractivity contribution in [3.05, 3.63) is 27.5 Å². The molecule has 0 atom stereocenters. The standard InChI is InChI=1S/C13H15ClFNOS/c1-6(2)11-9(15)10-12(18-11)8(14)7(5-16-10)13(3,4)17/h5-6,17H,1-4H3. The Bertz CT molecular complexity index is 601. The lowest BCUT2D eigenvalue weighted by Crippen LogP contribution is -2.16. The van der Waals surface area contributed by atoms with Crippen LogP contribution in [0.3, 0.4) is 0 Å². The monoisotopic (exact) mass is 287 g/mol. The molecular weight excluding hydrogens is 273 g/mol. The lowest BCUT2D eigenvalue weighted by atomic mass is 10.0. The molecular formula is C13H15ClFNOS. The van der Waals surface area contributed by atoms with Gasteiger partial charge in [0.1, 0.15) is 5.52 Å². The molecule has 18 heavy (non-hydrogen) atoms. The van der Waals surface area contributed by atoms with Crippen molar-refractivity contribution in [1.29, 1.82) is 0 Å². The van der Waals surface area contributed by atoms with Crippen molar-refractivity contribution in [3.8, 4) is 0 Å². The van der Waals surface area contributed by atoms with Crippen molar-refractivity contribution < 1.29 is 9.50 Å². The average molecular weight is 288 g/mol. The smallest absolute Gasteiger partial charge is 0.163 e. The number of aromatic nitrogens is 1. The van der Waals surface area contributed by atoms with E-state index in [-0.39, 0.29) is 11.7 Å². The van der Waals surface area contributed by atoms with E-state index in [1.807, 2.05) is 13.8 Å². The number of aliphatic hydroxyl groups is 1. The van der Waals surface area contributed by atoms with Gasteiger partial charge in [0.15, 0.2) is 5.82 Å². The summed E-state index contributed by atoms with van der Waals surface area (Å²) in [5.74, 6) is -0.208. The van der Waals surface area contributed by atoms with E-state index >= 15 is 0 Å². The van der Waals surface area contributed by atoms with Gasteiger partial charge in [-0.2, -0.15) is 0 Å². The number of rotatable bonds is 2. The number of fused-ring (bicyclic) bond motifs is 1. The predicted octanol–water partition coefficient (Wildman–Crippen LogP) is 4.44. The summed E-state index contributed by atoms with van der Waals surface area (Å²) >= 11 is 7.57. The van der Waals surface area contributed by atoms with Gasteiger partial charge in [0.05, 0.1) is 15.3 Å². The van der Waals surface area contributed by atoms with E-state index in [0.29, 0.717) is 25.7 Å². The predicted molar refractivity (Wildman–Crippen MR) is 73.9 cm³/mol. The summed E-state index contributed by atoms with van der Waals surface area (Å²) in [5, 5.41) is 10.4. The van der Waals surface area contributed by atoms with Crippen LogP contribution in [0.15, 0.2) is 6.20 Å². The molecule has 5 heteroatoms. The van der Waals surface area contributed by atoms with E-state index in [0.717, 1.165) is 0 Å². The second-order valence-electron chi connectivity index (χ2n) is 5.16. The van der Waals surface area contributed by atoms with E-state index in [2.05, 4.69) is 4.98 Å². The van der Waals surface area contributed by atoms with Crippen molar-refractivity contribution in [2.24, 2.45) is 0 Å². The summed E-state index contributed by atoms with van der Waals surface area (Å²) in [6.07, 6.45) is 1.45. The van der Waals surface area contributed by atoms with Crippen molar-refractivity contribution in [3.63, 3.8) is 0 Å². The Morgan fingerprint density at radius 1 is 1.44 bits per heavy atom. The highest BCUT2D eigenvalue weighted by Crippen LogP contribution is 2.40. The summed E-state index contributed by atoms with van der Waals surface area (Å²) < 4.78 is 14.7. The molecule has 0 aromatic carbocycles. The quantitative estimate of drug-likeness (QED) is 0.886. The van der Waals surface area contributed by atoms with Crippen molar-refractivity contribution >= 4 is 33.2 Å². The van der Waals surface area contributed by atoms with E-state index in [1.165, 1.54) is 17.5 Å². The third kappa shape index (κ3) is 2.13. The van der Waals surface area contributed by atoms with Crippen LogP contribution >= 0.6 is 22.9 Å². The molecule has 2 nitrogen and oxygen atoms in total. The van der Waals surface area contributed by atoms with Crippen LogP contribution in [0.5, 0.6) is 0 Å². The highest BCUT2D eigenvalue weighted by molar-refractivity contribution is 7.19. The van der Waals surface area contributed by atoms with Gasteiger partial charge in [-0.15, -0.1) is 11.3 Å². The minimum Gasteiger partial charge on any atom is -0.386 e. The molecule has 0 amide bonds. The summed E-state index contributed by atoms with van der Waals surface area (Å²) in [6, 6.07) is 0. The normalized spacial score (nSPS) is 12.7. The topological polar surface area (TPSA) is 33.1 Å². The molecule has 0 aliphatic rings. The third-order valence-corrected chi connectivity index (χ3v) is 4.77. The zero-order valence-electron chi connectivity index (χ0n) is 10.7. The molecule has 0 unspecified atom stereocenters. The van der Waals surface area contributed by atoms with Crippen LogP contribution < -0.4 is 0 Å². The largest absolute Gasteiger partial charge is 0.386 e. The average Bonchev–Trinajstić information content (AvgIpc) is 2.56. The second-order valence-corrected chi connectivity index (χ2v) is 6.59. The fourth-order valence-electron chi connectivity index (χ4n) is 1.79. The molecule has 0 radical (unpaired) electrons. The number of pyridine rings is 1. The second kappa shape index (κ2) is 4.44. The van der Waals surface area contributed by atoms with Crippen LogP contribution in [0.1, 0.15) is 44.1 Å². The Hall–Kier alpha value is -0.710. The molecule has 0 saturated carbocycles. The van der Waals surface area contributed by atoms with Crippen molar-refractivity contribution in [2.75, 3.05) is 0 Å². The Kier molecular flexibility index (Phi) is 3.38. The summed E-state index contributed by atoms with van der Waals surface area (Å²) in [6.45, 7) is 7.13. The number of nitrogens with zero attached hydrogens (tertiary/aromatic N) is 1. The van der Waals surface area contributed by atoms with Gasteiger partial charge in [-0.3, -0.25) is 4.98 Å². The van der Waals surface area contributed by atoms with Gasteiger partial charge in [-0.05, 0) is 19.8 Å². The fraction of sp³-hybridized carbons (Fsp3) is 0.462. The van der Waals surface area contributed by atoms with Gasteiger partial charge < -0.3 is 5.11 Å². The molecule has 0 saturated heterocycles.